The van der Waals surface area contributed by atoms with Gasteiger partial charge in [0.2, 0.25) is 0 Å². The molecule has 8 heteroatoms. The smallest absolute Gasteiger partial charge is 0.289 e. The summed E-state index contributed by atoms with van der Waals surface area (Å²) in [6.45, 7) is 1.88. The van der Waals surface area contributed by atoms with Gasteiger partial charge in [-0.1, -0.05) is 0 Å². The van der Waals surface area contributed by atoms with E-state index in [1.54, 1.807) is 6.20 Å². The summed E-state index contributed by atoms with van der Waals surface area (Å²) in [6, 6.07) is 2.97. The van der Waals surface area contributed by atoms with Crippen molar-refractivity contribution < 1.29 is 4.92 Å². The Morgan fingerprint density at radius 1 is 1.58 bits per heavy atom. The SMILES string of the molecule is CC(Nc1ncc([N+](=O)[O-])cc1C#N)c1nccs1. The molecule has 7 nitrogen and oxygen atoms in total. The van der Waals surface area contributed by atoms with Gasteiger partial charge in [-0.15, -0.1) is 11.3 Å². The van der Waals surface area contributed by atoms with Gasteiger partial charge in [0.25, 0.3) is 5.69 Å². The number of rotatable bonds is 4. The zero-order valence-corrected chi connectivity index (χ0v) is 10.7. The molecule has 0 spiro atoms. The lowest BCUT2D eigenvalue weighted by molar-refractivity contribution is -0.385. The fourth-order valence-corrected chi connectivity index (χ4v) is 2.11. The van der Waals surface area contributed by atoms with Gasteiger partial charge in [0.1, 0.15) is 28.7 Å². The lowest BCUT2D eigenvalue weighted by atomic mass is 10.2. The van der Waals surface area contributed by atoms with Gasteiger partial charge >= 0.3 is 0 Å². The summed E-state index contributed by atoms with van der Waals surface area (Å²) in [7, 11) is 0. The van der Waals surface area contributed by atoms with E-state index in [9.17, 15) is 10.1 Å². The van der Waals surface area contributed by atoms with Crippen molar-refractivity contribution in [1.29, 1.82) is 5.26 Å². The summed E-state index contributed by atoms with van der Waals surface area (Å²) in [5.41, 5.74) is -0.0680. The molecule has 96 valence electrons. The second-order valence-corrected chi connectivity index (χ2v) is 4.62. The van der Waals surface area contributed by atoms with E-state index in [1.807, 2.05) is 18.4 Å². The van der Waals surface area contributed by atoms with Gasteiger partial charge in [0.15, 0.2) is 0 Å². The van der Waals surface area contributed by atoms with E-state index in [-0.39, 0.29) is 17.3 Å². The Bertz CT molecular complexity index is 635. The van der Waals surface area contributed by atoms with Crippen molar-refractivity contribution in [3.05, 3.63) is 44.5 Å². The number of nitriles is 1. The molecule has 1 unspecified atom stereocenters. The molecule has 1 atom stereocenters. The summed E-state index contributed by atoms with van der Waals surface area (Å²) in [5.74, 6) is 0.316. The first-order valence-electron chi connectivity index (χ1n) is 5.32. The van der Waals surface area contributed by atoms with Crippen LogP contribution in [0.5, 0.6) is 0 Å². The molecule has 0 aromatic carbocycles. The van der Waals surface area contributed by atoms with E-state index in [2.05, 4.69) is 15.3 Å². The van der Waals surface area contributed by atoms with Crippen molar-refractivity contribution in [2.45, 2.75) is 13.0 Å². The van der Waals surface area contributed by atoms with Crippen LogP contribution in [0.25, 0.3) is 0 Å². The van der Waals surface area contributed by atoms with Gasteiger partial charge < -0.3 is 5.32 Å². The van der Waals surface area contributed by atoms with Crippen LogP contribution in [0.15, 0.2) is 23.8 Å². The Balaban J connectivity index is 2.26. The molecule has 0 amide bonds. The zero-order valence-electron chi connectivity index (χ0n) is 9.90. The van der Waals surface area contributed by atoms with Crippen molar-refractivity contribution in [1.82, 2.24) is 9.97 Å². The minimum atomic E-state index is -0.581. The molecule has 0 saturated carbocycles. The average Bonchev–Trinajstić information content (AvgIpc) is 2.92. The highest BCUT2D eigenvalue weighted by Crippen LogP contribution is 2.23. The molecule has 0 saturated heterocycles. The van der Waals surface area contributed by atoms with E-state index in [0.29, 0.717) is 5.82 Å². The van der Waals surface area contributed by atoms with Crippen molar-refractivity contribution in [2.24, 2.45) is 0 Å². The van der Waals surface area contributed by atoms with Crippen LogP contribution in [0.3, 0.4) is 0 Å². The van der Waals surface area contributed by atoms with Crippen LogP contribution in [0.1, 0.15) is 23.5 Å². The molecule has 2 aromatic rings. The largest absolute Gasteiger partial charge is 0.360 e. The number of thiazole rings is 1. The number of nitrogens with zero attached hydrogens (tertiary/aromatic N) is 4. The van der Waals surface area contributed by atoms with Crippen LogP contribution >= 0.6 is 11.3 Å². The molecule has 0 aliphatic heterocycles. The molecule has 0 radical (unpaired) electrons. The second-order valence-electron chi connectivity index (χ2n) is 3.69. The fourth-order valence-electron chi connectivity index (χ4n) is 1.47. The molecule has 2 aromatic heterocycles. The maximum atomic E-state index is 10.6. The third-order valence-electron chi connectivity index (χ3n) is 2.38. The summed E-state index contributed by atoms with van der Waals surface area (Å²) < 4.78 is 0. The van der Waals surface area contributed by atoms with Gasteiger partial charge in [0, 0.05) is 17.6 Å². The first-order chi connectivity index (χ1) is 9.11. The van der Waals surface area contributed by atoms with Crippen LogP contribution in [0, 0.1) is 21.4 Å². The number of hydrogen-bond acceptors (Lipinski definition) is 7. The normalized spacial score (nSPS) is 11.6. The topological polar surface area (TPSA) is 105 Å². The van der Waals surface area contributed by atoms with E-state index >= 15 is 0 Å². The monoisotopic (exact) mass is 275 g/mol. The van der Waals surface area contributed by atoms with Gasteiger partial charge in [-0.05, 0) is 6.92 Å². The Hall–Kier alpha value is -2.53. The molecule has 0 aliphatic carbocycles. The summed E-state index contributed by atoms with van der Waals surface area (Å²) >= 11 is 1.48. The predicted octanol–water partition coefficient (Wildman–Crippen LogP) is 2.49. The maximum absolute atomic E-state index is 10.6. The molecule has 19 heavy (non-hydrogen) atoms. The summed E-state index contributed by atoms with van der Waals surface area (Å²) in [4.78, 5) is 18.1. The first kappa shape index (κ1) is 12.9. The van der Waals surface area contributed by atoms with Crippen LogP contribution in [-0.2, 0) is 0 Å². The Kier molecular flexibility index (Phi) is 3.68. The highest BCUT2D eigenvalue weighted by atomic mass is 32.1. The van der Waals surface area contributed by atoms with Crippen molar-refractivity contribution >= 4 is 22.8 Å². The Labute approximate surface area is 112 Å². The minimum absolute atomic E-state index is 0.124. The van der Waals surface area contributed by atoms with Gasteiger partial charge in [-0.25, -0.2) is 9.97 Å². The molecule has 2 heterocycles. The van der Waals surface area contributed by atoms with Crippen LogP contribution in [-0.4, -0.2) is 14.9 Å². The number of aromatic nitrogens is 2. The molecule has 2 rings (SSSR count). The first-order valence-corrected chi connectivity index (χ1v) is 6.20. The summed E-state index contributed by atoms with van der Waals surface area (Å²) in [5, 5.41) is 25.3. The number of hydrogen-bond donors (Lipinski definition) is 1. The minimum Gasteiger partial charge on any atom is -0.360 e. The molecule has 0 aliphatic rings. The van der Waals surface area contributed by atoms with Gasteiger partial charge in [-0.2, -0.15) is 5.26 Å². The van der Waals surface area contributed by atoms with Crippen LogP contribution < -0.4 is 5.32 Å². The number of nitrogens with one attached hydrogen (secondary N) is 1. The Morgan fingerprint density at radius 3 is 2.95 bits per heavy atom. The predicted molar refractivity (Wildman–Crippen MR) is 69.8 cm³/mol. The number of anilines is 1. The second kappa shape index (κ2) is 5.41. The fraction of sp³-hybridized carbons (Fsp3) is 0.182. The number of pyridine rings is 1. The molecular weight excluding hydrogens is 266 g/mol. The third kappa shape index (κ3) is 2.83. The van der Waals surface area contributed by atoms with E-state index in [4.69, 9.17) is 5.26 Å². The molecule has 1 N–H and O–H groups in total. The van der Waals surface area contributed by atoms with Gasteiger partial charge in [0.05, 0.1) is 11.0 Å². The van der Waals surface area contributed by atoms with E-state index in [1.165, 1.54) is 17.4 Å². The van der Waals surface area contributed by atoms with Crippen LogP contribution in [0.2, 0.25) is 0 Å². The highest BCUT2D eigenvalue weighted by molar-refractivity contribution is 7.09. The van der Waals surface area contributed by atoms with Crippen molar-refractivity contribution in [3.8, 4) is 6.07 Å². The Morgan fingerprint density at radius 2 is 2.37 bits per heavy atom. The molecule has 0 fully saturated rings. The average molecular weight is 275 g/mol. The molecular formula is C11H9N5O2S. The van der Waals surface area contributed by atoms with Gasteiger partial charge in [-0.3, -0.25) is 10.1 Å². The van der Waals surface area contributed by atoms with Crippen molar-refractivity contribution in [3.63, 3.8) is 0 Å². The maximum Gasteiger partial charge on any atom is 0.289 e. The van der Waals surface area contributed by atoms with E-state index in [0.717, 1.165) is 11.2 Å². The summed E-state index contributed by atoms with van der Waals surface area (Å²) in [6.07, 6.45) is 2.81. The lowest BCUT2D eigenvalue weighted by Crippen LogP contribution is -2.09. The zero-order chi connectivity index (χ0) is 13.8. The number of nitro groups is 1. The van der Waals surface area contributed by atoms with E-state index < -0.39 is 4.92 Å². The standard InChI is InChI=1S/C11H9N5O2S/c1-7(11-13-2-3-19-11)15-10-8(5-12)4-9(6-14-10)16(17)18/h2-4,6-7H,1H3,(H,14,15). The third-order valence-corrected chi connectivity index (χ3v) is 3.34. The quantitative estimate of drug-likeness (QED) is 0.678. The highest BCUT2D eigenvalue weighted by Gasteiger charge is 2.15. The lowest BCUT2D eigenvalue weighted by Gasteiger charge is -2.12. The van der Waals surface area contributed by atoms with Crippen molar-refractivity contribution in [2.75, 3.05) is 5.32 Å². The van der Waals surface area contributed by atoms with Crippen LogP contribution in [0.4, 0.5) is 11.5 Å². The molecule has 0 bridgehead atoms.